The lowest BCUT2D eigenvalue weighted by molar-refractivity contribution is 0.102. The first-order chi connectivity index (χ1) is 15.2. The Bertz CT molecular complexity index is 1000. The van der Waals surface area contributed by atoms with E-state index in [-0.39, 0.29) is 11.8 Å². The first-order valence-electron chi connectivity index (χ1n) is 10.1. The third kappa shape index (κ3) is 5.64. The third-order valence-corrected chi connectivity index (χ3v) is 4.98. The van der Waals surface area contributed by atoms with Gasteiger partial charge >= 0.3 is 6.09 Å². The second kappa shape index (κ2) is 9.82. The number of nitrogens with one attached hydrogen (secondary N) is 1. The summed E-state index contributed by atoms with van der Waals surface area (Å²) in [5, 5.41) is 2.76. The molecule has 4 rings (SSSR count). The lowest BCUT2D eigenvalue weighted by Gasteiger charge is -2.33. The summed E-state index contributed by atoms with van der Waals surface area (Å²) in [4.78, 5) is 36.9. The molecule has 0 unspecified atom stereocenters. The summed E-state index contributed by atoms with van der Waals surface area (Å²) >= 11 is 0. The molecule has 1 fully saturated rings. The Balaban J connectivity index is 1.25. The smallest absolute Gasteiger partial charge is 0.391 e. The summed E-state index contributed by atoms with van der Waals surface area (Å²) in [6.07, 6.45) is 4.66. The molecule has 31 heavy (non-hydrogen) atoms. The molecular formula is C23H23N5O3. The SMILES string of the molecule is O=C(Nc1ccc(OC(=O)N2CCN(Cc3cccnc3)CC2)nc1)c1ccccc1. The molecule has 0 radical (unpaired) electrons. The standard InChI is InChI=1S/C23H23N5O3/c29-22(19-6-2-1-3-7-19)26-20-8-9-21(25-16-20)31-23(30)28-13-11-27(12-14-28)17-18-5-4-10-24-15-18/h1-10,15-16H,11-14,17H2,(H,26,29). The first-order valence-corrected chi connectivity index (χ1v) is 10.1. The fourth-order valence-corrected chi connectivity index (χ4v) is 3.30. The van der Waals surface area contributed by atoms with E-state index in [4.69, 9.17) is 4.74 Å². The zero-order valence-electron chi connectivity index (χ0n) is 17.0. The van der Waals surface area contributed by atoms with Crippen LogP contribution >= 0.6 is 0 Å². The van der Waals surface area contributed by atoms with Crippen molar-refractivity contribution in [3.05, 3.63) is 84.3 Å². The van der Waals surface area contributed by atoms with E-state index in [1.54, 1.807) is 47.5 Å². The molecule has 8 nitrogen and oxygen atoms in total. The molecule has 8 heteroatoms. The number of nitrogens with zero attached hydrogens (tertiary/aromatic N) is 4. The van der Waals surface area contributed by atoms with Crippen molar-refractivity contribution in [2.45, 2.75) is 6.54 Å². The zero-order chi connectivity index (χ0) is 21.5. The molecule has 3 aromatic rings. The van der Waals surface area contributed by atoms with Gasteiger partial charge in [-0.1, -0.05) is 24.3 Å². The number of benzene rings is 1. The van der Waals surface area contributed by atoms with Crippen LogP contribution in [0, 0.1) is 0 Å². The van der Waals surface area contributed by atoms with Crippen molar-refractivity contribution in [2.24, 2.45) is 0 Å². The fraction of sp³-hybridized carbons (Fsp3) is 0.217. The highest BCUT2D eigenvalue weighted by atomic mass is 16.6. The number of aromatic nitrogens is 2. The van der Waals surface area contributed by atoms with Gasteiger partial charge in [0.2, 0.25) is 5.88 Å². The molecule has 3 heterocycles. The van der Waals surface area contributed by atoms with Crippen LogP contribution in [0.15, 0.2) is 73.2 Å². The Morgan fingerprint density at radius 1 is 0.935 bits per heavy atom. The van der Waals surface area contributed by atoms with E-state index in [1.807, 2.05) is 24.4 Å². The van der Waals surface area contributed by atoms with E-state index in [1.165, 1.54) is 6.20 Å². The average molecular weight is 417 g/mol. The van der Waals surface area contributed by atoms with Crippen LogP contribution in [0.3, 0.4) is 0 Å². The Morgan fingerprint density at radius 2 is 1.74 bits per heavy atom. The highest BCUT2D eigenvalue weighted by Crippen LogP contribution is 2.15. The maximum Gasteiger partial charge on any atom is 0.416 e. The molecular weight excluding hydrogens is 394 g/mol. The summed E-state index contributed by atoms with van der Waals surface area (Å²) in [7, 11) is 0. The molecule has 1 saturated heterocycles. The lowest BCUT2D eigenvalue weighted by atomic mass is 10.2. The van der Waals surface area contributed by atoms with Crippen LogP contribution < -0.4 is 10.1 Å². The second-order valence-electron chi connectivity index (χ2n) is 7.20. The van der Waals surface area contributed by atoms with Gasteiger partial charge in [0.1, 0.15) is 0 Å². The number of ether oxygens (including phenoxy) is 1. The number of hydrogen-bond acceptors (Lipinski definition) is 6. The van der Waals surface area contributed by atoms with E-state index in [0.717, 1.165) is 25.2 Å². The third-order valence-electron chi connectivity index (χ3n) is 4.98. The van der Waals surface area contributed by atoms with Crippen molar-refractivity contribution in [3.63, 3.8) is 0 Å². The molecule has 0 saturated carbocycles. The molecule has 0 bridgehead atoms. The molecule has 1 aromatic carbocycles. The number of carbonyl (C=O) groups is 2. The predicted molar refractivity (Wildman–Crippen MR) is 116 cm³/mol. The number of piperazine rings is 1. The highest BCUT2D eigenvalue weighted by molar-refractivity contribution is 6.04. The molecule has 2 aromatic heterocycles. The van der Waals surface area contributed by atoms with Gasteiger partial charge in [0.25, 0.3) is 5.91 Å². The van der Waals surface area contributed by atoms with E-state index in [9.17, 15) is 9.59 Å². The number of carbonyl (C=O) groups excluding carboxylic acids is 2. The first kappa shape index (κ1) is 20.5. The summed E-state index contributed by atoms with van der Waals surface area (Å²) in [5.41, 5.74) is 2.24. The molecule has 0 aliphatic carbocycles. The van der Waals surface area contributed by atoms with Gasteiger partial charge in [-0.15, -0.1) is 0 Å². The van der Waals surface area contributed by atoms with Crippen LogP contribution in [-0.2, 0) is 6.54 Å². The highest BCUT2D eigenvalue weighted by Gasteiger charge is 2.23. The molecule has 0 atom stereocenters. The molecule has 1 aliphatic rings. The van der Waals surface area contributed by atoms with Gasteiger partial charge in [0.15, 0.2) is 0 Å². The van der Waals surface area contributed by atoms with Crippen molar-refractivity contribution in [2.75, 3.05) is 31.5 Å². The second-order valence-corrected chi connectivity index (χ2v) is 7.20. The maximum atomic E-state index is 12.4. The quantitative estimate of drug-likeness (QED) is 0.687. The van der Waals surface area contributed by atoms with Crippen LogP contribution in [0.5, 0.6) is 5.88 Å². The fourth-order valence-electron chi connectivity index (χ4n) is 3.30. The minimum Gasteiger partial charge on any atom is -0.391 e. The van der Waals surface area contributed by atoms with Crippen molar-refractivity contribution in [1.82, 2.24) is 19.8 Å². The number of pyridine rings is 2. The van der Waals surface area contributed by atoms with Gasteiger partial charge in [-0.25, -0.2) is 9.78 Å². The van der Waals surface area contributed by atoms with E-state index >= 15 is 0 Å². The van der Waals surface area contributed by atoms with Gasteiger partial charge < -0.3 is 15.0 Å². The number of anilines is 1. The Hall–Kier alpha value is -3.78. The summed E-state index contributed by atoms with van der Waals surface area (Å²) < 4.78 is 5.39. The van der Waals surface area contributed by atoms with Crippen molar-refractivity contribution < 1.29 is 14.3 Å². The lowest BCUT2D eigenvalue weighted by Crippen LogP contribution is -2.49. The number of amides is 2. The molecule has 1 N–H and O–H groups in total. The van der Waals surface area contributed by atoms with Crippen molar-refractivity contribution in [3.8, 4) is 5.88 Å². The zero-order valence-corrected chi connectivity index (χ0v) is 17.0. The van der Waals surface area contributed by atoms with Gasteiger partial charge in [-0.3, -0.25) is 14.7 Å². The van der Waals surface area contributed by atoms with Crippen LogP contribution in [0.2, 0.25) is 0 Å². The summed E-state index contributed by atoms with van der Waals surface area (Å²) in [6, 6.07) is 16.1. The monoisotopic (exact) mass is 417 g/mol. The Kier molecular flexibility index (Phi) is 6.49. The van der Waals surface area contributed by atoms with Crippen LogP contribution in [0.25, 0.3) is 0 Å². The van der Waals surface area contributed by atoms with Crippen molar-refractivity contribution in [1.29, 1.82) is 0 Å². The summed E-state index contributed by atoms with van der Waals surface area (Å²) in [6.45, 7) is 3.52. The topological polar surface area (TPSA) is 87.7 Å². The minimum atomic E-state index is -0.422. The predicted octanol–water partition coefficient (Wildman–Crippen LogP) is 3.05. The van der Waals surface area contributed by atoms with Crippen LogP contribution in [-0.4, -0.2) is 57.9 Å². The number of hydrogen-bond donors (Lipinski definition) is 1. The number of rotatable bonds is 5. The molecule has 2 amide bonds. The van der Waals surface area contributed by atoms with Crippen molar-refractivity contribution >= 4 is 17.7 Å². The van der Waals surface area contributed by atoms with Gasteiger partial charge in [0.05, 0.1) is 11.9 Å². The average Bonchev–Trinajstić information content (AvgIpc) is 2.82. The maximum absolute atomic E-state index is 12.4. The normalized spacial score (nSPS) is 14.1. The van der Waals surface area contributed by atoms with E-state index in [0.29, 0.717) is 24.3 Å². The van der Waals surface area contributed by atoms with Gasteiger partial charge in [-0.2, -0.15) is 0 Å². The van der Waals surface area contributed by atoms with E-state index in [2.05, 4.69) is 20.2 Å². The minimum absolute atomic E-state index is 0.195. The summed E-state index contributed by atoms with van der Waals surface area (Å²) in [5.74, 6) is -0.0307. The Morgan fingerprint density at radius 3 is 2.42 bits per heavy atom. The Labute approximate surface area is 180 Å². The van der Waals surface area contributed by atoms with E-state index < -0.39 is 6.09 Å². The molecule has 158 valence electrons. The van der Waals surface area contributed by atoms with Crippen LogP contribution in [0.4, 0.5) is 10.5 Å². The molecule has 0 spiro atoms. The van der Waals surface area contributed by atoms with Gasteiger partial charge in [-0.05, 0) is 29.8 Å². The largest absolute Gasteiger partial charge is 0.416 e. The van der Waals surface area contributed by atoms with Gasteiger partial charge in [0, 0.05) is 56.7 Å². The molecule has 1 aliphatic heterocycles. The van der Waals surface area contributed by atoms with Crippen LogP contribution in [0.1, 0.15) is 15.9 Å².